The number of halogens is 2. The van der Waals surface area contributed by atoms with Gasteiger partial charge < -0.3 is 15.2 Å². The van der Waals surface area contributed by atoms with Gasteiger partial charge in [-0.2, -0.15) is 0 Å². The Kier molecular flexibility index (Phi) is 5.46. The smallest absolute Gasteiger partial charge is 0.308 e. The van der Waals surface area contributed by atoms with Gasteiger partial charge in [-0.05, 0) is 31.9 Å². The second-order valence-electron chi connectivity index (χ2n) is 5.97. The molecule has 0 radical (unpaired) electrons. The van der Waals surface area contributed by atoms with E-state index in [9.17, 15) is 19.1 Å². The van der Waals surface area contributed by atoms with Gasteiger partial charge in [0.1, 0.15) is 11.6 Å². The summed E-state index contributed by atoms with van der Waals surface area (Å²) >= 11 is 5.64. The van der Waals surface area contributed by atoms with Crippen LogP contribution in [0.15, 0.2) is 18.2 Å². The van der Waals surface area contributed by atoms with Crippen molar-refractivity contribution in [1.29, 1.82) is 0 Å². The molecular weight excluding hydrogens is 325 g/mol. The Balaban J connectivity index is 1.95. The molecule has 23 heavy (non-hydrogen) atoms. The molecule has 1 aliphatic rings. The number of amides is 1. The summed E-state index contributed by atoms with van der Waals surface area (Å²) in [5.74, 6) is -2.22. The number of carbonyl (C=O) groups excluding carboxylic acids is 1. The van der Waals surface area contributed by atoms with E-state index in [1.54, 1.807) is 6.92 Å². The molecule has 1 amide bonds. The first-order valence-electron chi connectivity index (χ1n) is 7.43. The number of hydrogen-bond acceptors (Lipinski definition) is 3. The number of carboxylic acids is 1. The standard InChI is InChI=1S/C16H19ClFNO4/c1-16(7-3-2-4-11(16)15(21)22)19-14(20)9-23-10-5-6-13(18)12(17)8-10/h5-6,8,11H,2-4,7,9H2,1H3,(H,19,20)(H,21,22). The van der Waals surface area contributed by atoms with Crippen LogP contribution in [0.4, 0.5) is 4.39 Å². The monoisotopic (exact) mass is 343 g/mol. The lowest BCUT2D eigenvalue weighted by Gasteiger charge is -2.39. The Morgan fingerprint density at radius 3 is 2.87 bits per heavy atom. The molecule has 0 aromatic heterocycles. The maximum absolute atomic E-state index is 13.1. The molecule has 5 nitrogen and oxygen atoms in total. The van der Waals surface area contributed by atoms with Gasteiger partial charge in [0.05, 0.1) is 16.5 Å². The summed E-state index contributed by atoms with van der Waals surface area (Å²) in [4.78, 5) is 23.4. The van der Waals surface area contributed by atoms with Gasteiger partial charge in [0, 0.05) is 6.07 Å². The minimum Gasteiger partial charge on any atom is -0.484 e. The second kappa shape index (κ2) is 7.17. The van der Waals surface area contributed by atoms with E-state index in [1.807, 2.05) is 0 Å². The van der Waals surface area contributed by atoms with Crippen molar-refractivity contribution in [2.24, 2.45) is 5.92 Å². The molecular formula is C16H19ClFNO4. The Bertz CT molecular complexity index is 610. The predicted molar refractivity (Wildman–Crippen MR) is 83.0 cm³/mol. The fourth-order valence-electron chi connectivity index (χ4n) is 2.95. The summed E-state index contributed by atoms with van der Waals surface area (Å²) in [5, 5.41) is 12.0. The molecule has 2 rings (SSSR count). The molecule has 0 spiro atoms. The van der Waals surface area contributed by atoms with E-state index in [4.69, 9.17) is 16.3 Å². The lowest BCUT2D eigenvalue weighted by atomic mass is 9.74. The van der Waals surface area contributed by atoms with E-state index >= 15 is 0 Å². The number of nitrogens with one attached hydrogen (secondary N) is 1. The van der Waals surface area contributed by atoms with Crippen molar-refractivity contribution in [2.75, 3.05) is 6.61 Å². The summed E-state index contributed by atoms with van der Waals surface area (Å²) < 4.78 is 18.3. The number of ether oxygens (including phenoxy) is 1. The zero-order chi connectivity index (χ0) is 17.0. The van der Waals surface area contributed by atoms with Crippen LogP contribution in [0.2, 0.25) is 5.02 Å². The van der Waals surface area contributed by atoms with Crippen LogP contribution in [0, 0.1) is 11.7 Å². The first-order valence-corrected chi connectivity index (χ1v) is 7.81. The van der Waals surface area contributed by atoms with Crippen LogP contribution in [0.5, 0.6) is 5.75 Å². The Morgan fingerprint density at radius 1 is 1.48 bits per heavy atom. The molecule has 1 aromatic rings. The summed E-state index contributed by atoms with van der Waals surface area (Å²) in [6.07, 6.45) is 2.86. The number of rotatable bonds is 5. The van der Waals surface area contributed by atoms with Crippen LogP contribution in [0.3, 0.4) is 0 Å². The van der Waals surface area contributed by atoms with Gasteiger partial charge in [0.25, 0.3) is 5.91 Å². The van der Waals surface area contributed by atoms with Gasteiger partial charge in [0.2, 0.25) is 0 Å². The molecule has 2 unspecified atom stereocenters. The van der Waals surface area contributed by atoms with E-state index in [0.29, 0.717) is 12.8 Å². The number of carboxylic acid groups (broad SMARTS) is 1. The van der Waals surface area contributed by atoms with Crippen LogP contribution in [0.25, 0.3) is 0 Å². The lowest BCUT2D eigenvalue weighted by Crippen LogP contribution is -2.56. The lowest BCUT2D eigenvalue weighted by molar-refractivity contribution is -0.146. The molecule has 7 heteroatoms. The van der Waals surface area contributed by atoms with E-state index < -0.39 is 29.2 Å². The van der Waals surface area contributed by atoms with E-state index in [2.05, 4.69) is 5.32 Å². The second-order valence-corrected chi connectivity index (χ2v) is 6.37. The molecule has 1 aromatic carbocycles. The van der Waals surface area contributed by atoms with Crippen molar-refractivity contribution in [1.82, 2.24) is 5.32 Å². The van der Waals surface area contributed by atoms with Gasteiger partial charge in [-0.1, -0.05) is 24.4 Å². The first kappa shape index (κ1) is 17.5. The Morgan fingerprint density at radius 2 is 2.22 bits per heavy atom. The molecule has 0 saturated heterocycles. The predicted octanol–water partition coefficient (Wildman–Crippen LogP) is 3.01. The molecule has 0 bridgehead atoms. The van der Waals surface area contributed by atoms with Crippen molar-refractivity contribution in [2.45, 2.75) is 38.1 Å². The van der Waals surface area contributed by atoms with E-state index in [-0.39, 0.29) is 17.4 Å². The van der Waals surface area contributed by atoms with Crippen LogP contribution in [-0.4, -0.2) is 29.1 Å². The molecule has 1 fully saturated rings. The Hall–Kier alpha value is -1.82. The zero-order valence-corrected chi connectivity index (χ0v) is 13.5. The van der Waals surface area contributed by atoms with Gasteiger partial charge in [-0.15, -0.1) is 0 Å². The highest BCUT2D eigenvalue weighted by molar-refractivity contribution is 6.30. The summed E-state index contributed by atoms with van der Waals surface area (Å²) in [6.45, 7) is 1.46. The number of carbonyl (C=O) groups is 2. The van der Waals surface area contributed by atoms with Crippen molar-refractivity contribution >= 4 is 23.5 Å². The van der Waals surface area contributed by atoms with Gasteiger partial charge in [-0.25, -0.2) is 4.39 Å². The summed E-state index contributed by atoms with van der Waals surface area (Å²) in [7, 11) is 0. The van der Waals surface area contributed by atoms with E-state index in [1.165, 1.54) is 12.1 Å². The maximum Gasteiger partial charge on any atom is 0.308 e. The van der Waals surface area contributed by atoms with Crippen LogP contribution >= 0.6 is 11.6 Å². The fourth-order valence-corrected chi connectivity index (χ4v) is 3.12. The minimum atomic E-state index is -0.904. The summed E-state index contributed by atoms with van der Waals surface area (Å²) in [6, 6.07) is 3.81. The van der Waals surface area contributed by atoms with Gasteiger partial charge in [-0.3, -0.25) is 9.59 Å². The number of aliphatic carboxylic acids is 1. The van der Waals surface area contributed by atoms with Crippen molar-refractivity contribution in [3.8, 4) is 5.75 Å². The first-order chi connectivity index (χ1) is 10.8. The molecule has 2 N–H and O–H groups in total. The third-order valence-electron chi connectivity index (χ3n) is 4.19. The third kappa shape index (κ3) is 4.34. The topological polar surface area (TPSA) is 75.6 Å². The largest absolute Gasteiger partial charge is 0.484 e. The quantitative estimate of drug-likeness (QED) is 0.861. The van der Waals surface area contributed by atoms with Crippen LogP contribution < -0.4 is 10.1 Å². The highest BCUT2D eigenvalue weighted by Crippen LogP contribution is 2.33. The fraction of sp³-hybridized carbons (Fsp3) is 0.500. The average Bonchev–Trinajstić information content (AvgIpc) is 2.48. The molecule has 1 saturated carbocycles. The van der Waals surface area contributed by atoms with Crippen molar-refractivity contribution in [3.05, 3.63) is 29.0 Å². The number of benzene rings is 1. The maximum atomic E-state index is 13.1. The SMILES string of the molecule is CC1(NC(=O)COc2ccc(F)c(Cl)c2)CCCCC1C(=O)O. The minimum absolute atomic E-state index is 0.0897. The molecule has 0 heterocycles. The van der Waals surface area contributed by atoms with Crippen molar-refractivity contribution in [3.63, 3.8) is 0 Å². The molecule has 1 aliphatic carbocycles. The zero-order valence-electron chi connectivity index (χ0n) is 12.8. The highest BCUT2D eigenvalue weighted by Gasteiger charge is 2.42. The van der Waals surface area contributed by atoms with Gasteiger partial charge >= 0.3 is 5.97 Å². The molecule has 126 valence electrons. The molecule has 2 atom stereocenters. The normalized spacial score (nSPS) is 24.0. The van der Waals surface area contributed by atoms with Crippen LogP contribution in [-0.2, 0) is 9.59 Å². The van der Waals surface area contributed by atoms with Crippen LogP contribution in [0.1, 0.15) is 32.6 Å². The third-order valence-corrected chi connectivity index (χ3v) is 4.48. The number of hydrogen-bond donors (Lipinski definition) is 2. The highest BCUT2D eigenvalue weighted by atomic mass is 35.5. The average molecular weight is 344 g/mol. The van der Waals surface area contributed by atoms with Crippen molar-refractivity contribution < 1.29 is 23.8 Å². The van der Waals surface area contributed by atoms with Gasteiger partial charge in [0.15, 0.2) is 6.61 Å². The molecule has 0 aliphatic heterocycles. The summed E-state index contributed by atoms with van der Waals surface area (Å²) in [5.41, 5.74) is -0.787. The van der Waals surface area contributed by atoms with E-state index in [0.717, 1.165) is 18.9 Å². The Labute approximate surface area is 138 Å².